The molecule has 15 heavy (non-hydrogen) atoms. The van der Waals surface area contributed by atoms with Crippen molar-refractivity contribution in [3.05, 3.63) is 23.9 Å². The fourth-order valence-corrected chi connectivity index (χ4v) is 2.17. The molecular weight excluding hydrogens is 231 g/mol. The van der Waals surface area contributed by atoms with E-state index in [-0.39, 0.29) is 5.38 Å². The Balaban J connectivity index is 2.08. The van der Waals surface area contributed by atoms with E-state index in [4.69, 9.17) is 23.2 Å². The third kappa shape index (κ3) is 2.49. The first-order valence-electron chi connectivity index (χ1n) is 5.29. The van der Waals surface area contributed by atoms with Crippen molar-refractivity contribution in [2.24, 2.45) is 0 Å². The van der Waals surface area contributed by atoms with Crippen LogP contribution in [-0.4, -0.2) is 41.3 Å². The summed E-state index contributed by atoms with van der Waals surface area (Å²) in [4.78, 5) is 1.90. The van der Waals surface area contributed by atoms with E-state index in [2.05, 4.69) is 22.4 Å². The summed E-state index contributed by atoms with van der Waals surface area (Å²) in [6.07, 6.45) is 6.13. The van der Waals surface area contributed by atoms with Gasteiger partial charge < -0.3 is 10.2 Å². The normalized spacial score (nSPS) is 36.6. The minimum Gasteiger partial charge on any atom is -0.369 e. The summed E-state index contributed by atoms with van der Waals surface area (Å²) in [6, 6.07) is 0. The van der Waals surface area contributed by atoms with Crippen molar-refractivity contribution in [2.75, 3.05) is 26.2 Å². The van der Waals surface area contributed by atoms with Crippen LogP contribution in [-0.2, 0) is 0 Å². The quantitative estimate of drug-likeness (QED) is 0.712. The first-order valence-corrected chi connectivity index (χ1v) is 6.11. The number of piperazine rings is 1. The molecule has 2 rings (SSSR count). The zero-order valence-electron chi connectivity index (χ0n) is 8.84. The third-order valence-electron chi connectivity index (χ3n) is 2.92. The van der Waals surface area contributed by atoms with Gasteiger partial charge in [0, 0.05) is 31.9 Å². The highest BCUT2D eigenvalue weighted by atomic mass is 35.5. The topological polar surface area (TPSA) is 15.3 Å². The van der Waals surface area contributed by atoms with Crippen LogP contribution in [0.3, 0.4) is 0 Å². The van der Waals surface area contributed by atoms with Gasteiger partial charge in [0.05, 0.1) is 10.3 Å². The second kappa shape index (κ2) is 4.36. The maximum absolute atomic E-state index is 6.23. The number of hydrogen-bond donors (Lipinski definition) is 1. The number of alkyl halides is 2. The molecule has 1 saturated heterocycles. The molecule has 0 amide bonds. The minimum atomic E-state index is -0.445. The Morgan fingerprint density at radius 3 is 2.73 bits per heavy atom. The van der Waals surface area contributed by atoms with E-state index in [0.717, 1.165) is 26.2 Å². The Morgan fingerprint density at radius 1 is 1.47 bits per heavy atom. The van der Waals surface area contributed by atoms with E-state index in [1.807, 2.05) is 13.0 Å². The Hall–Kier alpha value is -0.180. The molecule has 0 aromatic carbocycles. The van der Waals surface area contributed by atoms with Crippen molar-refractivity contribution >= 4 is 23.2 Å². The molecular formula is C11H16Cl2N2. The summed E-state index contributed by atoms with van der Waals surface area (Å²) < 4.78 is 0. The van der Waals surface area contributed by atoms with Crippen molar-refractivity contribution in [1.82, 2.24) is 10.2 Å². The molecule has 1 aliphatic carbocycles. The molecule has 2 aliphatic rings. The Morgan fingerprint density at radius 2 is 2.13 bits per heavy atom. The number of rotatable bonds is 1. The predicted molar refractivity (Wildman–Crippen MR) is 65.6 cm³/mol. The van der Waals surface area contributed by atoms with Crippen LogP contribution < -0.4 is 5.32 Å². The summed E-state index contributed by atoms with van der Waals surface area (Å²) in [6.45, 7) is 6.10. The van der Waals surface area contributed by atoms with Crippen molar-refractivity contribution < 1.29 is 0 Å². The summed E-state index contributed by atoms with van der Waals surface area (Å²) in [5, 5.41) is 3.20. The lowest BCUT2D eigenvalue weighted by molar-refractivity contribution is 0.305. The summed E-state index contributed by atoms with van der Waals surface area (Å²) in [5.74, 6) is 0. The summed E-state index contributed by atoms with van der Waals surface area (Å²) in [7, 11) is 0. The lowest BCUT2D eigenvalue weighted by atomic mass is 9.99. The van der Waals surface area contributed by atoms with Crippen LogP contribution in [0, 0.1) is 0 Å². The van der Waals surface area contributed by atoms with Gasteiger partial charge in [-0.15, -0.1) is 23.2 Å². The van der Waals surface area contributed by atoms with E-state index in [1.165, 1.54) is 5.70 Å². The number of allylic oxidation sites excluding steroid dienone is 3. The average Bonchev–Trinajstić information content (AvgIpc) is 2.23. The first-order chi connectivity index (χ1) is 7.09. The Bertz CT molecular complexity index is 291. The smallest absolute Gasteiger partial charge is 0.0800 e. The van der Waals surface area contributed by atoms with E-state index >= 15 is 0 Å². The van der Waals surface area contributed by atoms with Crippen molar-refractivity contribution in [1.29, 1.82) is 0 Å². The molecule has 0 bridgehead atoms. The van der Waals surface area contributed by atoms with Gasteiger partial charge in [0.15, 0.2) is 0 Å². The van der Waals surface area contributed by atoms with Gasteiger partial charge in [-0.1, -0.05) is 6.08 Å². The number of nitrogens with one attached hydrogen (secondary N) is 1. The largest absolute Gasteiger partial charge is 0.369 e. The fourth-order valence-electron chi connectivity index (χ4n) is 1.84. The standard InChI is InChI=1S/C11H16Cl2N2/c1-11(13)3-2-9(8-10(11)12)15-6-4-14-5-7-15/h2-3,8,10,14H,4-7H2,1H3. The van der Waals surface area contributed by atoms with Gasteiger partial charge in [0.1, 0.15) is 0 Å². The molecule has 0 spiro atoms. The summed E-state index contributed by atoms with van der Waals surface area (Å²) in [5.41, 5.74) is 1.20. The van der Waals surface area contributed by atoms with Crippen LogP contribution in [0.5, 0.6) is 0 Å². The monoisotopic (exact) mass is 246 g/mol. The second-order valence-corrected chi connectivity index (χ2v) is 5.50. The van der Waals surface area contributed by atoms with Crippen molar-refractivity contribution in [3.8, 4) is 0 Å². The molecule has 0 radical (unpaired) electrons. The minimum absolute atomic E-state index is 0.131. The predicted octanol–water partition coefficient (Wildman–Crippen LogP) is 1.95. The van der Waals surface area contributed by atoms with Crippen LogP contribution in [0.4, 0.5) is 0 Å². The van der Waals surface area contributed by atoms with Gasteiger partial charge in [0.25, 0.3) is 0 Å². The Labute approximate surface area is 101 Å². The molecule has 4 heteroatoms. The molecule has 0 aromatic rings. The Kier molecular flexibility index (Phi) is 3.29. The van der Waals surface area contributed by atoms with Gasteiger partial charge in [-0.3, -0.25) is 0 Å². The molecule has 0 aromatic heterocycles. The van der Waals surface area contributed by atoms with Crippen molar-refractivity contribution in [3.63, 3.8) is 0 Å². The molecule has 0 saturated carbocycles. The SMILES string of the molecule is CC1(Cl)C=CC(N2CCNCC2)=CC1Cl. The van der Waals surface area contributed by atoms with Crippen LogP contribution >= 0.6 is 23.2 Å². The maximum atomic E-state index is 6.23. The zero-order chi connectivity index (χ0) is 10.9. The maximum Gasteiger partial charge on any atom is 0.0800 e. The van der Waals surface area contributed by atoms with Gasteiger partial charge in [-0.2, -0.15) is 0 Å². The third-order valence-corrected chi connectivity index (χ3v) is 3.97. The van der Waals surface area contributed by atoms with E-state index in [1.54, 1.807) is 0 Å². The molecule has 2 nitrogen and oxygen atoms in total. The number of hydrogen-bond acceptors (Lipinski definition) is 2. The molecule has 84 valence electrons. The van der Waals surface area contributed by atoms with Gasteiger partial charge in [-0.05, 0) is 19.1 Å². The van der Waals surface area contributed by atoms with Crippen LogP contribution in [0.25, 0.3) is 0 Å². The van der Waals surface area contributed by atoms with E-state index in [9.17, 15) is 0 Å². The fraction of sp³-hybridized carbons (Fsp3) is 0.636. The van der Waals surface area contributed by atoms with E-state index in [0.29, 0.717) is 0 Å². The van der Waals surface area contributed by atoms with Gasteiger partial charge >= 0.3 is 0 Å². The van der Waals surface area contributed by atoms with Crippen LogP contribution in [0.15, 0.2) is 23.9 Å². The molecule has 2 unspecified atom stereocenters. The highest BCUT2D eigenvalue weighted by molar-refractivity contribution is 6.34. The highest BCUT2D eigenvalue weighted by Crippen LogP contribution is 2.32. The number of halogens is 2. The van der Waals surface area contributed by atoms with Crippen molar-refractivity contribution in [2.45, 2.75) is 17.2 Å². The molecule has 2 atom stereocenters. The van der Waals surface area contributed by atoms with Crippen LogP contribution in [0.1, 0.15) is 6.92 Å². The van der Waals surface area contributed by atoms with Gasteiger partial charge in [-0.25, -0.2) is 0 Å². The average molecular weight is 247 g/mol. The van der Waals surface area contributed by atoms with Gasteiger partial charge in [0.2, 0.25) is 0 Å². The molecule has 1 fully saturated rings. The highest BCUT2D eigenvalue weighted by Gasteiger charge is 2.30. The molecule has 1 N–H and O–H groups in total. The lowest BCUT2D eigenvalue weighted by Crippen LogP contribution is -2.43. The molecule has 1 aliphatic heterocycles. The first kappa shape index (κ1) is 11.3. The second-order valence-electron chi connectivity index (χ2n) is 4.21. The van der Waals surface area contributed by atoms with Crippen LogP contribution in [0.2, 0.25) is 0 Å². The zero-order valence-corrected chi connectivity index (χ0v) is 10.4. The lowest BCUT2D eigenvalue weighted by Gasteiger charge is -2.34. The summed E-state index contributed by atoms with van der Waals surface area (Å²) >= 11 is 12.5. The van der Waals surface area contributed by atoms with E-state index < -0.39 is 4.87 Å². The molecule has 1 heterocycles. The number of nitrogens with zero attached hydrogens (tertiary/aromatic N) is 1.